The fourth-order valence-corrected chi connectivity index (χ4v) is 2.33. The number of ether oxygens (including phenoxy) is 2. The molecular weight excluding hydrogens is 365 g/mol. The number of benzene rings is 1. The summed E-state index contributed by atoms with van der Waals surface area (Å²) in [6.45, 7) is 2.84. The van der Waals surface area contributed by atoms with Gasteiger partial charge in [-0.25, -0.2) is 0 Å². The molecule has 0 unspecified atom stereocenters. The van der Waals surface area contributed by atoms with E-state index in [1.807, 2.05) is 0 Å². The molecule has 1 aromatic rings. The molecule has 0 heterocycles. The van der Waals surface area contributed by atoms with Crippen LogP contribution in [0.4, 0.5) is 5.69 Å². The summed E-state index contributed by atoms with van der Waals surface area (Å²) in [5.74, 6) is -5.26. The summed E-state index contributed by atoms with van der Waals surface area (Å²) in [5, 5.41) is 10.4. The lowest BCUT2D eigenvalue weighted by Crippen LogP contribution is -2.35. The molecule has 0 aliphatic rings. The normalized spacial score (nSPS) is 10.4. The number of Topliss-reactive ketones (excluding diaryl/α,β-unsaturated/α-hetero) is 1. The zero-order valence-corrected chi connectivity index (χ0v) is 14.2. The molecule has 0 saturated heterocycles. The number of rotatable bonds is 7. The first-order valence-electron chi connectivity index (χ1n) is 6.75. The number of nitro groups is 1. The molecule has 0 amide bonds. The maximum atomic E-state index is 12.5. The van der Waals surface area contributed by atoms with Crippen LogP contribution in [0.15, 0.2) is 12.1 Å². The first-order chi connectivity index (χ1) is 11.2. The third kappa shape index (κ3) is 4.42. The van der Waals surface area contributed by atoms with Crippen molar-refractivity contribution in [2.75, 3.05) is 13.2 Å². The van der Waals surface area contributed by atoms with Gasteiger partial charge in [0.25, 0.3) is 5.69 Å². The highest BCUT2D eigenvalue weighted by Gasteiger charge is 2.39. The monoisotopic (exact) mass is 377 g/mol. The Kier molecular flexibility index (Phi) is 7.12. The predicted molar refractivity (Wildman–Crippen MR) is 84.2 cm³/mol. The van der Waals surface area contributed by atoms with Crippen LogP contribution in [-0.4, -0.2) is 35.9 Å². The van der Waals surface area contributed by atoms with Gasteiger partial charge in [-0.2, -0.15) is 0 Å². The molecule has 0 fully saturated rings. The summed E-state index contributed by atoms with van der Waals surface area (Å²) in [5.41, 5.74) is -0.991. The standard InChI is InChI=1S/C14H13Cl2NO7/c1-3-23-13(19)11(14(20)24-4-2)12(18)7-5-10(17(21)22)9(16)6-8(7)15/h5-6,11H,3-4H2,1-2H3. The van der Waals surface area contributed by atoms with E-state index in [0.717, 1.165) is 12.1 Å². The average Bonchev–Trinajstić information content (AvgIpc) is 2.47. The van der Waals surface area contributed by atoms with Crippen LogP contribution in [-0.2, 0) is 19.1 Å². The lowest BCUT2D eigenvalue weighted by atomic mass is 9.97. The molecule has 0 atom stereocenters. The SMILES string of the molecule is CCOC(=O)C(C(=O)OCC)C(=O)c1cc([N+](=O)[O-])c(Cl)cc1Cl. The fourth-order valence-electron chi connectivity index (χ4n) is 1.78. The van der Waals surface area contributed by atoms with Gasteiger partial charge in [-0.1, -0.05) is 23.2 Å². The Morgan fingerprint density at radius 3 is 2.00 bits per heavy atom. The summed E-state index contributed by atoms with van der Waals surface area (Å²) >= 11 is 11.6. The third-order valence-corrected chi connectivity index (χ3v) is 3.42. The quantitative estimate of drug-likeness (QED) is 0.236. The second-order valence-corrected chi connectivity index (χ2v) is 5.16. The number of nitrogens with zero attached hydrogens (tertiary/aromatic N) is 1. The van der Waals surface area contributed by atoms with Gasteiger partial charge in [0.2, 0.25) is 5.92 Å². The van der Waals surface area contributed by atoms with Crippen LogP contribution in [0.3, 0.4) is 0 Å². The molecule has 1 rings (SSSR count). The maximum Gasteiger partial charge on any atom is 0.328 e. The van der Waals surface area contributed by atoms with Crippen molar-refractivity contribution < 1.29 is 28.8 Å². The van der Waals surface area contributed by atoms with Crippen molar-refractivity contribution in [1.82, 2.24) is 0 Å². The minimum atomic E-state index is -1.93. The Hall–Kier alpha value is -2.19. The molecule has 0 radical (unpaired) electrons. The van der Waals surface area contributed by atoms with E-state index in [1.165, 1.54) is 13.8 Å². The Bertz CT molecular complexity index is 672. The lowest BCUT2D eigenvalue weighted by molar-refractivity contribution is -0.384. The van der Waals surface area contributed by atoms with Crippen molar-refractivity contribution in [3.63, 3.8) is 0 Å². The van der Waals surface area contributed by atoms with Crippen LogP contribution in [0.1, 0.15) is 24.2 Å². The zero-order chi connectivity index (χ0) is 18.4. The minimum absolute atomic E-state index is 0.0729. The van der Waals surface area contributed by atoms with Gasteiger partial charge < -0.3 is 9.47 Å². The van der Waals surface area contributed by atoms with Gasteiger partial charge in [0, 0.05) is 11.6 Å². The number of ketones is 1. The molecule has 0 aliphatic heterocycles. The fraction of sp³-hybridized carbons (Fsp3) is 0.357. The molecule has 0 aliphatic carbocycles. The molecule has 0 spiro atoms. The predicted octanol–water partition coefficient (Wildman–Crippen LogP) is 2.83. The van der Waals surface area contributed by atoms with Gasteiger partial charge in [-0.05, 0) is 19.9 Å². The number of esters is 2. The molecule has 0 aromatic heterocycles. The van der Waals surface area contributed by atoms with Gasteiger partial charge in [0.05, 0.1) is 23.2 Å². The maximum absolute atomic E-state index is 12.5. The summed E-state index contributed by atoms with van der Waals surface area (Å²) in [6.07, 6.45) is 0. The number of carbonyl (C=O) groups excluding carboxylic acids is 3. The van der Waals surface area contributed by atoms with Crippen LogP contribution in [0.25, 0.3) is 0 Å². The summed E-state index contributed by atoms with van der Waals surface area (Å²) < 4.78 is 9.38. The second-order valence-electron chi connectivity index (χ2n) is 4.34. The molecule has 130 valence electrons. The molecule has 0 N–H and O–H groups in total. The highest BCUT2D eigenvalue weighted by molar-refractivity contribution is 6.39. The molecule has 8 nitrogen and oxygen atoms in total. The van der Waals surface area contributed by atoms with Gasteiger partial charge in [0.1, 0.15) is 5.02 Å². The molecule has 0 saturated carbocycles. The van der Waals surface area contributed by atoms with Gasteiger partial charge in [-0.3, -0.25) is 24.5 Å². The largest absolute Gasteiger partial charge is 0.465 e. The van der Waals surface area contributed by atoms with Gasteiger partial charge >= 0.3 is 11.9 Å². The van der Waals surface area contributed by atoms with E-state index in [4.69, 9.17) is 32.7 Å². The van der Waals surface area contributed by atoms with E-state index in [9.17, 15) is 24.5 Å². The number of carbonyl (C=O) groups is 3. The van der Waals surface area contributed by atoms with Crippen molar-refractivity contribution in [3.05, 3.63) is 37.9 Å². The number of hydrogen-bond donors (Lipinski definition) is 0. The van der Waals surface area contributed by atoms with Crippen molar-refractivity contribution >= 4 is 46.6 Å². The first-order valence-corrected chi connectivity index (χ1v) is 7.51. The van der Waals surface area contributed by atoms with E-state index in [0.29, 0.717) is 0 Å². The minimum Gasteiger partial charge on any atom is -0.465 e. The Labute approximate surface area is 146 Å². The average molecular weight is 378 g/mol. The van der Waals surface area contributed by atoms with Crippen LogP contribution >= 0.6 is 23.2 Å². The van der Waals surface area contributed by atoms with Crippen molar-refractivity contribution in [3.8, 4) is 0 Å². The Morgan fingerprint density at radius 1 is 1.08 bits per heavy atom. The van der Waals surface area contributed by atoms with Gasteiger partial charge in [-0.15, -0.1) is 0 Å². The van der Waals surface area contributed by atoms with E-state index >= 15 is 0 Å². The Balaban J connectivity index is 3.37. The molecule has 24 heavy (non-hydrogen) atoms. The summed E-state index contributed by atoms with van der Waals surface area (Å²) in [7, 11) is 0. The van der Waals surface area contributed by atoms with Crippen molar-refractivity contribution in [1.29, 1.82) is 0 Å². The van der Waals surface area contributed by atoms with Crippen LogP contribution in [0.5, 0.6) is 0 Å². The van der Waals surface area contributed by atoms with E-state index in [2.05, 4.69) is 0 Å². The van der Waals surface area contributed by atoms with E-state index in [1.54, 1.807) is 0 Å². The molecular formula is C14H13Cl2NO7. The van der Waals surface area contributed by atoms with Crippen LogP contribution in [0, 0.1) is 16.0 Å². The molecule has 1 aromatic carbocycles. The second kappa shape index (κ2) is 8.60. The topological polar surface area (TPSA) is 113 Å². The number of hydrogen-bond acceptors (Lipinski definition) is 7. The van der Waals surface area contributed by atoms with E-state index in [-0.39, 0.29) is 23.3 Å². The summed E-state index contributed by atoms with van der Waals surface area (Å²) in [6, 6.07) is 1.79. The highest BCUT2D eigenvalue weighted by atomic mass is 35.5. The number of nitro benzene ring substituents is 1. The molecule has 0 bridgehead atoms. The number of halogens is 2. The van der Waals surface area contributed by atoms with Crippen molar-refractivity contribution in [2.45, 2.75) is 13.8 Å². The summed E-state index contributed by atoms with van der Waals surface area (Å²) in [4.78, 5) is 46.5. The smallest absolute Gasteiger partial charge is 0.328 e. The highest BCUT2D eigenvalue weighted by Crippen LogP contribution is 2.32. The van der Waals surface area contributed by atoms with Crippen LogP contribution < -0.4 is 0 Å². The van der Waals surface area contributed by atoms with Crippen molar-refractivity contribution in [2.24, 2.45) is 5.92 Å². The first kappa shape index (κ1) is 19.9. The third-order valence-electron chi connectivity index (χ3n) is 2.81. The molecule has 10 heteroatoms. The van der Waals surface area contributed by atoms with Crippen LogP contribution in [0.2, 0.25) is 10.0 Å². The zero-order valence-electron chi connectivity index (χ0n) is 12.7. The van der Waals surface area contributed by atoms with Gasteiger partial charge in [0.15, 0.2) is 5.78 Å². The Morgan fingerprint density at radius 2 is 1.58 bits per heavy atom. The lowest BCUT2D eigenvalue weighted by Gasteiger charge is -2.14. The van der Waals surface area contributed by atoms with E-state index < -0.39 is 39.8 Å².